The van der Waals surface area contributed by atoms with Gasteiger partial charge in [0.15, 0.2) is 11.5 Å². The molecule has 1 aliphatic heterocycles. The highest BCUT2D eigenvalue weighted by Gasteiger charge is 2.32. The number of carbonyl (C=O) groups excluding carboxylic acids is 2. The van der Waals surface area contributed by atoms with E-state index < -0.39 is 11.6 Å². The minimum Gasteiger partial charge on any atom is -0.497 e. The fourth-order valence-electron chi connectivity index (χ4n) is 4.61. The van der Waals surface area contributed by atoms with Gasteiger partial charge in [-0.1, -0.05) is 48.5 Å². The van der Waals surface area contributed by atoms with E-state index in [1.165, 1.54) is 0 Å². The fourth-order valence-corrected chi connectivity index (χ4v) is 4.61. The molecule has 0 bridgehead atoms. The molecule has 4 rings (SSSR count). The van der Waals surface area contributed by atoms with E-state index in [9.17, 15) is 9.59 Å². The summed E-state index contributed by atoms with van der Waals surface area (Å²) < 4.78 is 16.8. The molecule has 1 heterocycles. The normalized spacial score (nSPS) is 13.3. The van der Waals surface area contributed by atoms with Gasteiger partial charge in [0.1, 0.15) is 25.0 Å². The Balaban J connectivity index is 1.62. The summed E-state index contributed by atoms with van der Waals surface area (Å²) >= 11 is 0. The van der Waals surface area contributed by atoms with E-state index in [0.717, 1.165) is 22.4 Å². The molecule has 2 amide bonds. The van der Waals surface area contributed by atoms with Crippen molar-refractivity contribution in [2.24, 2.45) is 0 Å². The van der Waals surface area contributed by atoms with E-state index >= 15 is 0 Å². The van der Waals surface area contributed by atoms with Crippen molar-refractivity contribution in [3.63, 3.8) is 0 Å². The first-order chi connectivity index (χ1) is 18.7. The standard InChI is InChI=1S/C32H38N2O5/c1-32(2,3)33-31(36)27(20-23-9-6-5-7-10-23)34(22-25-11-8-12-26(19-25)37-4)30(35)16-14-24-13-15-28-29(21-24)39-18-17-38-28/h5-13,15,19,21,27H,14,16-18,20,22H2,1-4H3,(H,33,36)/t27-/m0/s1. The lowest BCUT2D eigenvalue weighted by Crippen LogP contribution is -2.54. The third-order valence-corrected chi connectivity index (χ3v) is 6.49. The number of methoxy groups -OCH3 is 1. The molecule has 1 atom stereocenters. The Labute approximate surface area is 231 Å². The van der Waals surface area contributed by atoms with Crippen LogP contribution in [0.3, 0.4) is 0 Å². The second-order valence-electron chi connectivity index (χ2n) is 10.8. The van der Waals surface area contributed by atoms with Gasteiger partial charge in [-0.15, -0.1) is 0 Å². The number of hydrogen-bond acceptors (Lipinski definition) is 5. The van der Waals surface area contributed by atoms with Crippen molar-refractivity contribution >= 4 is 11.8 Å². The zero-order valence-electron chi connectivity index (χ0n) is 23.2. The molecule has 39 heavy (non-hydrogen) atoms. The quantitative estimate of drug-likeness (QED) is 0.401. The molecule has 206 valence electrons. The Morgan fingerprint density at radius 3 is 2.33 bits per heavy atom. The minimum atomic E-state index is -0.689. The number of nitrogens with one attached hydrogen (secondary N) is 1. The van der Waals surface area contributed by atoms with Gasteiger partial charge in [-0.25, -0.2) is 0 Å². The number of benzene rings is 3. The van der Waals surface area contributed by atoms with Gasteiger partial charge in [-0.2, -0.15) is 0 Å². The predicted octanol–water partition coefficient (Wildman–Crippen LogP) is 4.95. The molecule has 3 aromatic rings. The first kappa shape index (κ1) is 28.0. The van der Waals surface area contributed by atoms with Crippen LogP contribution < -0.4 is 19.5 Å². The van der Waals surface area contributed by atoms with Gasteiger partial charge >= 0.3 is 0 Å². The summed E-state index contributed by atoms with van der Waals surface area (Å²) in [6.45, 7) is 7.16. The van der Waals surface area contributed by atoms with Crippen LogP contribution in [-0.2, 0) is 29.0 Å². The van der Waals surface area contributed by atoms with Gasteiger partial charge < -0.3 is 24.4 Å². The van der Waals surface area contributed by atoms with Crippen LogP contribution in [0.2, 0.25) is 0 Å². The first-order valence-corrected chi connectivity index (χ1v) is 13.4. The van der Waals surface area contributed by atoms with Gasteiger partial charge in [0.2, 0.25) is 11.8 Å². The zero-order valence-corrected chi connectivity index (χ0v) is 23.2. The van der Waals surface area contributed by atoms with Crippen LogP contribution in [0.1, 0.15) is 43.9 Å². The van der Waals surface area contributed by atoms with E-state index in [0.29, 0.717) is 37.6 Å². The maximum absolute atomic E-state index is 13.9. The minimum absolute atomic E-state index is 0.0994. The van der Waals surface area contributed by atoms with Crippen molar-refractivity contribution in [2.45, 2.75) is 58.2 Å². The van der Waals surface area contributed by atoms with Crippen molar-refractivity contribution in [2.75, 3.05) is 20.3 Å². The number of ether oxygens (including phenoxy) is 3. The summed E-state index contributed by atoms with van der Waals surface area (Å²) in [4.78, 5) is 29.3. The molecule has 7 nitrogen and oxygen atoms in total. The van der Waals surface area contributed by atoms with Crippen LogP contribution in [-0.4, -0.2) is 48.6 Å². The second kappa shape index (κ2) is 12.7. The largest absolute Gasteiger partial charge is 0.497 e. The van der Waals surface area contributed by atoms with E-state index in [2.05, 4.69) is 5.32 Å². The molecule has 7 heteroatoms. The lowest BCUT2D eigenvalue weighted by Gasteiger charge is -2.34. The van der Waals surface area contributed by atoms with Crippen molar-refractivity contribution < 1.29 is 23.8 Å². The number of aryl methyl sites for hydroxylation is 1. The predicted molar refractivity (Wildman–Crippen MR) is 151 cm³/mol. The molecular formula is C32H38N2O5. The highest BCUT2D eigenvalue weighted by molar-refractivity contribution is 5.88. The Morgan fingerprint density at radius 2 is 1.62 bits per heavy atom. The number of nitrogens with zero attached hydrogens (tertiary/aromatic N) is 1. The zero-order chi connectivity index (χ0) is 27.8. The highest BCUT2D eigenvalue weighted by Crippen LogP contribution is 2.31. The number of rotatable bonds is 10. The van der Waals surface area contributed by atoms with E-state index in [1.807, 2.05) is 93.6 Å². The Morgan fingerprint density at radius 1 is 0.897 bits per heavy atom. The molecule has 0 radical (unpaired) electrons. The Hall–Kier alpha value is -4.00. The van der Waals surface area contributed by atoms with Crippen molar-refractivity contribution in [1.82, 2.24) is 10.2 Å². The van der Waals surface area contributed by atoms with Crippen LogP contribution in [0.25, 0.3) is 0 Å². The van der Waals surface area contributed by atoms with Crippen molar-refractivity contribution in [3.8, 4) is 17.2 Å². The third-order valence-electron chi connectivity index (χ3n) is 6.49. The van der Waals surface area contributed by atoms with E-state index in [1.54, 1.807) is 12.0 Å². The highest BCUT2D eigenvalue weighted by atomic mass is 16.6. The van der Waals surface area contributed by atoms with Crippen LogP contribution in [0.15, 0.2) is 72.8 Å². The van der Waals surface area contributed by atoms with Crippen molar-refractivity contribution in [3.05, 3.63) is 89.5 Å². The van der Waals surface area contributed by atoms with Gasteiger partial charge in [0.05, 0.1) is 7.11 Å². The van der Waals surface area contributed by atoms with Crippen LogP contribution in [0, 0.1) is 0 Å². The van der Waals surface area contributed by atoms with Gasteiger partial charge in [0, 0.05) is 24.9 Å². The summed E-state index contributed by atoms with van der Waals surface area (Å²) in [5.74, 6) is 1.85. The lowest BCUT2D eigenvalue weighted by atomic mass is 9.99. The molecular weight excluding hydrogens is 492 g/mol. The molecule has 0 spiro atoms. The van der Waals surface area contributed by atoms with Crippen LogP contribution >= 0.6 is 0 Å². The molecule has 1 aliphatic rings. The number of hydrogen-bond donors (Lipinski definition) is 1. The molecule has 1 N–H and O–H groups in total. The Bertz CT molecular complexity index is 1270. The maximum atomic E-state index is 13.9. The van der Waals surface area contributed by atoms with Crippen LogP contribution in [0.4, 0.5) is 0 Å². The average molecular weight is 531 g/mol. The van der Waals surface area contributed by atoms with E-state index in [-0.39, 0.29) is 24.8 Å². The SMILES string of the molecule is COc1cccc(CN(C(=O)CCc2ccc3c(c2)OCCO3)[C@@H](Cc2ccccc2)C(=O)NC(C)(C)C)c1. The number of fused-ring (bicyclic) bond motifs is 1. The second-order valence-corrected chi connectivity index (χ2v) is 10.8. The number of amides is 2. The topological polar surface area (TPSA) is 77.1 Å². The van der Waals surface area contributed by atoms with Crippen LogP contribution in [0.5, 0.6) is 17.2 Å². The summed E-state index contributed by atoms with van der Waals surface area (Å²) in [6, 6.07) is 22.5. The molecule has 0 fully saturated rings. The fraction of sp³-hybridized carbons (Fsp3) is 0.375. The summed E-state index contributed by atoms with van der Waals surface area (Å²) in [5, 5.41) is 3.10. The number of carbonyl (C=O) groups is 2. The monoisotopic (exact) mass is 530 g/mol. The summed E-state index contributed by atoms with van der Waals surface area (Å²) in [6.07, 6.45) is 1.17. The molecule has 0 aliphatic carbocycles. The van der Waals surface area contributed by atoms with Gasteiger partial charge in [0.25, 0.3) is 0 Å². The van der Waals surface area contributed by atoms with E-state index in [4.69, 9.17) is 14.2 Å². The first-order valence-electron chi connectivity index (χ1n) is 13.4. The molecule has 0 saturated heterocycles. The Kier molecular flexibility index (Phi) is 9.12. The average Bonchev–Trinajstić information content (AvgIpc) is 2.93. The van der Waals surface area contributed by atoms with Crippen molar-refractivity contribution in [1.29, 1.82) is 0 Å². The smallest absolute Gasteiger partial charge is 0.243 e. The molecule has 0 aromatic heterocycles. The lowest BCUT2D eigenvalue weighted by molar-refractivity contribution is -0.141. The summed E-state index contributed by atoms with van der Waals surface area (Å²) in [7, 11) is 1.62. The molecule has 0 unspecified atom stereocenters. The third kappa shape index (κ3) is 7.99. The van der Waals surface area contributed by atoms with Gasteiger partial charge in [-0.05, 0) is 68.1 Å². The molecule has 3 aromatic carbocycles. The van der Waals surface area contributed by atoms with Gasteiger partial charge in [-0.3, -0.25) is 9.59 Å². The molecule has 0 saturated carbocycles. The maximum Gasteiger partial charge on any atom is 0.243 e. The summed E-state index contributed by atoms with van der Waals surface area (Å²) in [5.41, 5.74) is 2.42.